The molecule has 2 aliphatic heterocycles. The summed E-state index contributed by atoms with van der Waals surface area (Å²) in [6, 6.07) is -0.405. The minimum atomic E-state index is -1.94. The topological polar surface area (TPSA) is 386 Å². The molecular formula is C51H42FN13O12S6. The lowest BCUT2D eigenvalue weighted by Gasteiger charge is -2.21. The van der Waals surface area contributed by atoms with Crippen molar-refractivity contribution in [2.45, 2.75) is 64.1 Å². The smallest absolute Gasteiger partial charge is 0.335 e. The number of allylic oxidation sites excluding steroid dienone is 1. The minimum absolute atomic E-state index is 0.0199. The van der Waals surface area contributed by atoms with E-state index in [1.165, 1.54) is 46.7 Å². The summed E-state index contributed by atoms with van der Waals surface area (Å²) in [4.78, 5) is 139. The van der Waals surface area contributed by atoms with Crippen LogP contribution in [0.1, 0.15) is 111 Å². The van der Waals surface area contributed by atoms with E-state index in [2.05, 4.69) is 58.1 Å². The van der Waals surface area contributed by atoms with Crippen LogP contribution in [-0.2, 0) is 25.7 Å². The number of thiazole rings is 5. The van der Waals surface area contributed by atoms with Gasteiger partial charge >= 0.3 is 5.97 Å². The average molecular weight is 1240 g/mol. The van der Waals surface area contributed by atoms with Crippen molar-refractivity contribution < 1.29 is 62.8 Å². The van der Waals surface area contributed by atoms with Crippen molar-refractivity contribution in [2.24, 2.45) is 5.73 Å². The highest BCUT2D eigenvalue weighted by Gasteiger charge is 2.34. The molecule has 426 valence electrons. The van der Waals surface area contributed by atoms with Crippen LogP contribution in [0.25, 0.3) is 49.3 Å². The van der Waals surface area contributed by atoms with Gasteiger partial charge in [0.05, 0.1) is 35.3 Å². The molecule has 11 N–H and O–H groups in total. The number of hydrogen-bond donors (Lipinski definition) is 10. The van der Waals surface area contributed by atoms with Crippen molar-refractivity contribution >= 4 is 132 Å². The molecule has 0 fully saturated rings. The SMILES string of the molecule is C=C(NC(=O)c1csc(-c2nc3c(cc2O)-c2nc(cs2)C(=O)NC([C@@H](C)O)C(=O)N/C(=C\C)c2nc(cs2)C(=O)NC2C[C@H](O)C(=O)OCc4cc(F)cc5[nH]c(c(C)c45)C(=O)SC[C@H](NC(=O)c4csc2n4)c2nc-3cs2)n1)C(N)=O. The van der Waals surface area contributed by atoms with Gasteiger partial charge < -0.3 is 57.4 Å². The lowest BCUT2D eigenvalue weighted by molar-refractivity contribution is -0.155. The zero-order valence-corrected chi connectivity index (χ0v) is 47.9. The van der Waals surface area contributed by atoms with E-state index in [0.29, 0.717) is 10.9 Å². The second-order valence-corrected chi connectivity index (χ2v) is 23.7. The first-order valence-electron chi connectivity index (χ1n) is 24.4. The predicted molar refractivity (Wildman–Crippen MR) is 305 cm³/mol. The van der Waals surface area contributed by atoms with Crippen molar-refractivity contribution in [3.05, 3.63) is 124 Å². The normalized spacial score (nSPS) is 19.1. The second kappa shape index (κ2) is 23.8. The van der Waals surface area contributed by atoms with Crippen molar-refractivity contribution in [1.29, 1.82) is 0 Å². The van der Waals surface area contributed by atoms with Gasteiger partial charge in [-0.25, -0.2) is 39.1 Å². The molecule has 5 atom stereocenters. The van der Waals surface area contributed by atoms with Gasteiger partial charge in [-0.3, -0.25) is 33.6 Å². The highest BCUT2D eigenvalue weighted by Crippen LogP contribution is 2.42. The summed E-state index contributed by atoms with van der Waals surface area (Å²) in [6.45, 7) is 7.35. The molecule has 0 aliphatic carbocycles. The number of primary amides is 1. The summed E-state index contributed by atoms with van der Waals surface area (Å²) >= 11 is 5.50. The number of amides is 6. The van der Waals surface area contributed by atoms with E-state index in [-0.39, 0.29) is 98.7 Å². The molecule has 0 spiro atoms. The van der Waals surface area contributed by atoms with Crippen LogP contribution < -0.4 is 32.3 Å². The number of aryl methyl sites for hydroxylation is 1. The van der Waals surface area contributed by atoms with Crippen LogP contribution >= 0.6 is 68.4 Å². The Morgan fingerprint density at radius 1 is 0.819 bits per heavy atom. The Kier molecular flexibility index (Phi) is 16.5. The number of aromatic hydroxyl groups is 1. The van der Waals surface area contributed by atoms with Crippen molar-refractivity contribution in [2.75, 3.05) is 5.75 Å². The zero-order chi connectivity index (χ0) is 59.1. The van der Waals surface area contributed by atoms with Gasteiger partial charge in [0.2, 0.25) is 11.0 Å². The lowest BCUT2D eigenvalue weighted by Crippen LogP contribution is -2.52. The van der Waals surface area contributed by atoms with Crippen LogP contribution in [0.4, 0.5) is 4.39 Å². The Bertz CT molecular complexity index is 4050. The van der Waals surface area contributed by atoms with Crippen LogP contribution in [0.15, 0.2) is 63.5 Å². The number of aromatic nitrogens is 7. The van der Waals surface area contributed by atoms with Gasteiger partial charge in [0.25, 0.3) is 29.5 Å². The van der Waals surface area contributed by atoms with Crippen LogP contribution in [0.5, 0.6) is 5.75 Å². The molecule has 2 aliphatic rings. The molecule has 6 amide bonds. The average Bonchev–Trinajstić information content (AvgIpc) is 4.29. The quantitative estimate of drug-likeness (QED) is 0.0798. The number of esters is 1. The molecule has 9 heterocycles. The van der Waals surface area contributed by atoms with Crippen LogP contribution in [0.3, 0.4) is 0 Å². The predicted octanol–water partition coefficient (Wildman–Crippen LogP) is 5.02. The first-order chi connectivity index (χ1) is 39.6. The molecule has 7 aromatic heterocycles. The maximum absolute atomic E-state index is 15.2. The highest BCUT2D eigenvalue weighted by atomic mass is 32.2. The number of carbonyl (C=O) groups excluding carboxylic acids is 8. The number of fused-ring (bicyclic) bond motifs is 13. The maximum atomic E-state index is 15.2. The third-order valence-electron chi connectivity index (χ3n) is 12.6. The van der Waals surface area contributed by atoms with Gasteiger partial charge in [-0.05, 0) is 44.5 Å². The largest absolute Gasteiger partial charge is 0.506 e. The number of benzene rings is 1. The van der Waals surface area contributed by atoms with Crippen LogP contribution in [-0.4, -0.2) is 121 Å². The van der Waals surface area contributed by atoms with E-state index < -0.39 is 107 Å². The number of rotatable bonds is 5. The molecule has 2 unspecified atom stereocenters. The van der Waals surface area contributed by atoms with Gasteiger partial charge in [-0.2, -0.15) is 0 Å². The fourth-order valence-electron chi connectivity index (χ4n) is 8.49. The number of hydrogen-bond acceptors (Lipinski definition) is 24. The summed E-state index contributed by atoms with van der Waals surface area (Å²) in [5.74, 6) is -7.74. The Balaban J connectivity index is 1.12. The van der Waals surface area contributed by atoms with E-state index in [0.717, 1.165) is 74.5 Å². The van der Waals surface area contributed by atoms with E-state index in [1.807, 2.05) is 0 Å². The molecule has 0 saturated carbocycles. The number of nitrogens with one attached hydrogen (secondary N) is 6. The van der Waals surface area contributed by atoms with E-state index in [4.69, 9.17) is 20.4 Å². The fourth-order valence-corrected chi connectivity index (χ4v) is 13.7. The third-order valence-corrected chi connectivity index (χ3v) is 18.1. The number of thioether (sulfide) groups is 1. The monoisotopic (exact) mass is 1240 g/mol. The molecule has 1 aromatic carbocycles. The Hall–Kier alpha value is -8.50. The third kappa shape index (κ3) is 12.1. The molecule has 10 rings (SSSR count). The van der Waals surface area contributed by atoms with Crippen LogP contribution in [0, 0.1) is 12.7 Å². The van der Waals surface area contributed by atoms with E-state index in [9.17, 15) is 53.7 Å². The van der Waals surface area contributed by atoms with Gasteiger partial charge in [0.15, 0.2) is 6.10 Å². The number of cyclic esters (lactones) is 1. The van der Waals surface area contributed by atoms with E-state index >= 15 is 4.39 Å². The summed E-state index contributed by atoms with van der Waals surface area (Å²) in [5.41, 5.74) is 5.08. The zero-order valence-electron chi connectivity index (χ0n) is 43.0. The van der Waals surface area contributed by atoms with Gasteiger partial charge in [0, 0.05) is 61.1 Å². The molecule has 25 nitrogen and oxygen atoms in total. The number of aliphatic hydroxyl groups is 2. The molecule has 32 heteroatoms. The fraction of sp³-hybridized carbons (Fsp3) is 0.216. The number of carbonyl (C=O) groups is 8. The van der Waals surface area contributed by atoms with E-state index in [1.54, 1.807) is 19.2 Å². The maximum Gasteiger partial charge on any atom is 0.335 e. The van der Waals surface area contributed by atoms with Crippen LogP contribution in [0.2, 0.25) is 0 Å². The number of nitrogens with zero attached hydrogens (tertiary/aromatic N) is 6. The minimum Gasteiger partial charge on any atom is -0.506 e. The molecule has 0 saturated heterocycles. The van der Waals surface area contributed by atoms with Gasteiger partial charge in [0.1, 0.15) is 89.1 Å². The van der Waals surface area contributed by atoms with Crippen molar-refractivity contribution in [1.82, 2.24) is 61.5 Å². The van der Waals surface area contributed by atoms with Crippen molar-refractivity contribution in [3.8, 4) is 38.4 Å². The number of aliphatic hydroxyl groups excluding tert-OH is 2. The molecular weight excluding hydrogens is 1200 g/mol. The lowest BCUT2D eigenvalue weighted by atomic mass is 10.1. The van der Waals surface area contributed by atoms with Gasteiger partial charge in [-0.15, -0.1) is 56.7 Å². The Labute approximate surface area is 490 Å². The molecule has 0 radical (unpaired) electrons. The Morgan fingerprint density at radius 2 is 1.45 bits per heavy atom. The number of pyridine rings is 1. The highest BCUT2D eigenvalue weighted by molar-refractivity contribution is 8.14. The number of ether oxygens (including phenoxy) is 1. The summed E-state index contributed by atoms with van der Waals surface area (Å²) < 4.78 is 20.7. The summed E-state index contributed by atoms with van der Waals surface area (Å²) in [5, 5.41) is 54.3. The number of H-pyrrole nitrogens is 1. The summed E-state index contributed by atoms with van der Waals surface area (Å²) in [7, 11) is 0. The summed E-state index contributed by atoms with van der Waals surface area (Å²) in [6.07, 6.45) is -2.50. The number of nitrogens with two attached hydrogens (primary N) is 1. The van der Waals surface area contributed by atoms with Gasteiger partial charge in [-0.1, -0.05) is 24.4 Å². The number of halogens is 1. The van der Waals surface area contributed by atoms with Crippen molar-refractivity contribution in [3.63, 3.8) is 0 Å². The first kappa shape index (κ1) is 57.7. The standard InChI is InChI=1S/C51H42FN13O12S6/c1-5-23-46-61-28(13-80-46)41(71)57-25-9-33(68)50(75)77-10-20-6-21(52)7-24-34(20)17(2)35(55-24)51(76)83-16-31(58-42(72)29-14-81-47(25)62-29)48-59-26(11-79-48)37-22(45-60-30(12-78-45)43(73)65-36(19(4)66)44(74)56-23)8-32(67)38(64-37)49-63-27(15-82-49)40(70)54-18(3)39(53)69/h5-8,11-15,19,25,31,33,36,55,66-68H,3,9-10,16H2,1-2,4H3,(H2,53,69)(H,54,70)(H,56,74)(H,57,71)(H,58,72)(H,65,73)/b23-5-/t19-,25?,31+,33+,36?/m1/s1. The molecule has 12 bridgehead atoms. The second-order valence-electron chi connectivity index (χ2n) is 18.3. The first-order valence-corrected chi connectivity index (χ1v) is 29.8. The molecule has 8 aromatic rings. The number of aromatic amines is 1. The molecule has 83 heavy (non-hydrogen) atoms. The Morgan fingerprint density at radius 3 is 2.16 bits per heavy atom.